The zero-order valence-corrected chi connectivity index (χ0v) is 16.5. The first-order valence-electron chi connectivity index (χ1n) is 9.72. The van der Waals surface area contributed by atoms with E-state index >= 15 is 0 Å². The number of piperazine rings is 1. The van der Waals surface area contributed by atoms with Crippen LogP contribution in [0.15, 0.2) is 54.7 Å². The Morgan fingerprint density at radius 3 is 2.36 bits per heavy atom. The molecule has 0 radical (unpaired) electrons. The van der Waals surface area contributed by atoms with E-state index in [1.807, 2.05) is 0 Å². The number of nitrogens with zero attached hydrogens (tertiary/aromatic N) is 5. The summed E-state index contributed by atoms with van der Waals surface area (Å²) in [5, 5.41) is 11.6. The fraction of sp³-hybridized carbons (Fsp3) is 0.318. The molecule has 0 aliphatic carbocycles. The summed E-state index contributed by atoms with van der Waals surface area (Å²) in [6.45, 7) is 9.07. The third kappa shape index (κ3) is 4.64. The van der Waals surface area contributed by atoms with Crippen molar-refractivity contribution in [3.05, 3.63) is 71.4 Å². The molecule has 1 N–H and O–H groups in total. The van der Waals surface area contributed by atoms with Crippen molar-refractivity contribution in [2.75, 3.05) is 36.4 Å². The van der Waals surface area contributed by atoms with E-state index < -0.39 is 0 Å². The number of benzene rings is 2. The van der Waals surface area contributed by atoms with Crippen molar-refractivity contribution < 1.29 is 0 Å². The first-order valence-corrected chi connectivity index (χ1v) is 9.72. The van der Waals surface area contributed by atoms with Crippen molar-refractivity contribution in [2.45, 2.75) is 20.4 Å². The summed E-state index contributed by atoms with van der Waals surface area (Å²) >= 11 is 0. The molecule has 4 rings (SSSR count). The molecule has 1 saturated heterocycles. The predicted octanol–water partition coefficient (Wildman–Crippen LogP) is 3.55. The highest BCUT2D eigenvalue weighted by Gasteiger charge is 2.19. The second-order valence-electron chi connectivity index (χ2n) is 7.39. The van der Waals surface area contributed by atoms with Gasteiger partial charge >= 0.3 is 0 Å². The van der Waals surface area contributed by atoms with Crippen LogP contribution in [-0.4, -0.2) is 46.3 Å². The van der Waals surface area contributed by atoms with Gasteiger partial charge in [-0.2, -0.15) is 10.1 Å². The van der Waals surface area contributed by atoms with Gasteiger partial charge in [0.1, 0.15) is 0 Å². The highest BCUT2D eigenvalue weighted by atomic mass is 15.3. The van der Waals surface area contributed by atoms with Crippen LogP contribution in [0.1, 0.15) is 16.7 Å². The Hall–Kier alpha value is -2.99. The molecule has 0 bridgehead atoms. The SMILES string of the molecule is Cc1cc(C)cc(Nc2nncc(N3CCN(Cc4ccccc4)CC3)n2)c1. The molecule has 6 heteroatoms. The van der Waals surface area contributed by atoms with Crippen molar-refractivity contribution in [3.8, 4) is 0 Å². The molecule has 0 spiro atoms. The van der Waals surface area contributed by atoms with Crippen molar-refractivity contribution in [2.24, 2.45) is 0 Å². The number of rotatable bonds is 5. The molecular weight excluding hydrogens is 348 g/mol. The van der Waals surface area contributed by atoms with Crippen LogP contribution < -0.4 is 10.2 Å². The van der Waals surface area contributed by atoms with Crippen LogP contribution in [0.3, 0.4) is 0 Å². The van der Waals surface area contributed by atoms with E-state index in [9.17, 15) is 0 Å². The molecule has 3 aromatic rings. The van der Waals surface area contributed by atoms with Gasteiger partial charge in [0, 0.05) is 38.4 Å². The summed E-state index contributed by atoms with van der Waals surface area (Å²) in [5.74, 6) is 1.41. The molecule has 1 aromatic heterocycles. The third-order valence-electron chi connectivity index (χ3n) is 4.97. The highest BCUT2D eigenvalue weighted by molar-refractivity contribution is 5.56. The molecular formula is C22H26N6. The van der Waals surface area contributed by atoms with Crippen LogP contribution in [-0.2, 0) is 6.54 Å². The zero-order chi connectivity index (χ0) is 19.3. The fourth-order valence-corrected chi connectivity index (χ4v) is 3.65. The Bertz CT molecular complexity index is 899. The van der Waals surface area contributed by atoms with Gasteiger partial charge in [0.25, 0.3) is 0 Å². The minimum atomic E-state index is 0.536. The Labute approximate surface area is 166 Å². The van der Waals surface area contributed by atoms with Crippen LogP contribution in [0.5, 0.6) is 0 Å². The molecule has 1 aliphatic heterocycles. The largest absolute Gasteiger partial charge is 0.353 e. The number of hydrogen-bond donors (Lipinski definition) is 1. The van der Waals surface area contributed by atoms with Crippen LogP contribution in [0.4, 0.5) is 17.5 Å². The monoisotopic (exact) mass is 374 g/mol. The lowest BCUT2D eigenvalue weighted by molar-refractivity contribution is 0.249. The second-order valence-corrected chi connectivity index (χ2v) is 7.39. The molecule has 28 heavy (non-hydrogen) atoms. The number of hydrogen-bond acceptors (Lipinski definition) is 6. The molecule has 1 fully saturated rings. The van der Waals surface area contributed by atoms with Gasteiger partial charge in [-0.15, -0.1) is 5.10 Å². The Morgan fingerprint density at radius 1 is 0.929 bits per heavy atom. The molecule has 0 amide bonds. The summed E-state index contributed by atoms with van der Waals surface area (Å²) in [5.41, 5.74) is 4.77. The maximum atomic E-state index is 4.68. The summed E-state index contributed by atoms with van der Waals surface area (Å²) in [6, 6.07) is 17.0. The number of aryl methyl sites for hydroxylation is 2. The maximum absolute atomic E-state index is 4.68. The van der Waals surface area contributed by atoms with E-state index in [0.717, 1.165) is 44.2 Å². The molecule has 2 aromatic carbocycles. The second kappa shape index (κ2) is 8.35. The van der Waals surface area contributed by atoms with Crippen LogP contribution in [0.2, 0.25) is 0 Å². The van der Waals surface area contributed by atoms with Crippen molar-refractivity contribution in [1.29, 1.82) is 0 Å². The summed E-state index contributed by atoms with van der Waals surface area (Å²) in [4.78, 5) is 9.44. The van der Waals surface area contributed by atoms with Gasteiger partial charge in [0.15, 0.2) is 5.82 Å². The topological polar surface area (TPSA) is 57.2 Å². The van der Waals surface area contributed by atoms with Gasteiger partial charge in [-0.25, -0.2) is 0 Å². The normalized spacial score (nSPS) is 14.9. The Morgan fingerprint density at radius 2 is 1.64 bits per heavy atom. The van der Waals surface area contributed by atoms with Crippen LogP contribution >= 0.6 is 0 Å². The average Bonchev–Trinajstić information content (AvgIpc) is 2.69. The smallest absolute Gasteiger partial charge is 0.249 e. The number of aromatic nitrogens is 3. The summed E-state index contributed by atoms with van der Waals surface area (Å²) in [7, 11) is 0. The van der Waals surface area contributed by atoms with Gasteiger partial charge in [0.05, 0.1) is 6.20 Å². The van der Waals surface area contributed by atoms with Crippen molar-refractivity contribution >= 4 is 17.5 Å². The first-order chi connectivity index (χ1) is 13.7. The minimum Gasteiger partial charge on any atom is -0.353 e. The molecule has 0 saturated carbocycles. The Kier molecular flexibility index (Phi) is 5.48. The van der Waals surface area contributed by atoms with Gasteiger partial charge in [-0.3, -0.25) is 4.90 Å². The molecule has 144 valence electrons. The zero-order valence-electron chi connectivity index (χ0n) is 16.5. The van der Waals surface area contributed by atoms with Crippen molar-refractivity contribution in [3.63, 3.8) is 0 Å². The highest BCUT2D eigenvalue weighted by Crippen LogP contribution is 2.19. The van der Waals surface area contributed by atoms with Gasteiger partial charge in [-0.05, 0) is 42.7 Å². The van der Waals surface area contributed by atoms with E-state index in [2.05, 4.69) is 92.7 Å². The van der Waals surface area contributed by atoms with Crippen LogP contribution in [0, 0.1) is 13.8 Å². The Balaban J connectivity index is 1.38. The molecule has 6 nitrogen and oxygen atoms in total. The third-order valence-corrected chi connectivity index (χ3v) is 4.97. The molecule has 0 unspecified atom stereocenters. The summed E-state index contributed by atoms with van der Waals surface area (Å²) < 4.78 is 0. The van der Waals surface area contributed by atoms with E-state index in [4.69, 9.17) is 0 Å². The number of anilines is 3. The lowest BCUT2D eigenvalue weighted by atomic mass is 10.1. The quantitative estimate of drug-likeness (QED) is 0.737. The lowest BCUT2D eigenvalue weighted by Gasteiger charge is -2.35. The minimum absolute atomic E-state index is 0.536. The number of nitrogens with one attached hydrogen (secondary N) is 1. The first kappa shape index (κ1) is 18.4. The van der Waals surface area contributed by atoms with E-state index in [1.165, 1.54) is 16.7 Å². The molecule has 0 atom stereocenters. The lowest BCUT2D eigenvalue weighted by Crippen LogP contribution is -2.46. The fourth-order valence-electron chi connectivity index (χ4n) is 3.65. The van der Waals surface area contributed by atoms with Gasteiger partial charge in [-0.1, -0.05) is 36.4 Å². The predicted molar refractivity (Wildman–Crippen MR) is 113 cm³/mol. The standard InChI is InChI=1S/C22H26N6/c1-17-12-18(2)14-20(13-17)24-22-25-21(15-23-26-22)28-10-8-27(9-11-28)16-19-6-4-3-5-7-19/h3-7,12-15H,8-11,16H2,1-2H3,(H,24,25,26). The van der Waals surface area contributed by atoms with Gasteiger partial charge in [0.2, 0.25) is 5.95 Å². The molecule has 1 aliphatic rings. The van der Waals surface area contributed by atoms with Crippen molar-refractivity contribution in [1.82, 2.24) is 20.1 Å². The van der Waals surface area contributed by atoms with E-state index in [1.54, 1.807) is 6.20 Å². The van der Waals surface area contributed by atoms with E-state index in [-0.39, 0.29) is 0 Å². The average molecular weight is 374 g/mol. The van der Waals surface area contributed by atoms with E-state index in [0.29, 0.717) is 5.95 Å². The summed E-state index contributed by atoms with van der Waals surface area (Å²) in [6.07, 6.45) is 1.75. The molecule has 2 heterocycles. The van der Waals surface area contributed by atoms with Gasteiger partial charge < -0.3 is 10.2 Å². The van der Waals surface area contributed by atoms with Crippen LogP contribution in [0.25, 0.3) is 0 Å². The maximum Gasteiger partial charge on any atom is 0.249 e.